The number of ether oxygens (including phenoxy) is 3. The highest BCUT2D eigenvalue weighted by Gasteiger charge is 2.52. The molecule has 0 bridgehead atoms. The minimum Gasteiger partial charge on any atom is -0.498 e. The first-order chi connectivity index (χ1) is 12.7. The monoisotopic (exact) mass is 382 g/mol. The Bertz CT molecular complexity index is 475. The molecular formula is C23H42O4. The van der Waals surface area contributed by atoms with Gasteiger partial charge in [0.2, 0.25) is 0 Å². The summed E-state index contributed by atoms with van der Waals surface area (Å²) in [5.41, 5.74) is 0.297. The van der Waals surface area contributed by atoms with Gasteiger partial charge >= 0.3 is 0 Å². The Balaban J connectivity index is 1.71. The lowest BCUT2D eigenvalue weighted by molar-refractivity contribution is -0.255. The molecule has 1 N–H and O–H groups in total. The molecule has 4 nitrogen and oxygen atoms in total. The van der Waals surface area contributed by atoms with Gasteiger partial charge in [0.05, 0.1) is 30.7 Å². The number of aliphatic hydroxyl groups is 1. The molecule has 0 aromatic rings. The summed E-state index contributed by atoms with van der Waals surface area (Å²) in [6.45, 7) is 17.9. The Hall–Kier alpha value is -0.580. The molecule has 1 saturated carbocycles. The van der Waals surface area contributed by atoms with Crippen molar-refractivity contribution in [3.8, 4) is 0 Å². The predicted molar refractivity (Wildman–Crippen MR) is 109 cm³/mol. The predicted octanol–water partition coefficient (Wildman–Crippen LogP) is 5.30. The van der Waals surface area contributed by atoms with E-state index in [-0.39, 0.29) is 30.5 Å². The van der Waals surface area contributed by atoms with Crippen LogP contribution in [0.5, 0.6) is 0 Å². The Morgan fingerprint density at radius 1 is 1.30 bits per heavy atom. The molecule has 2 fully saturated rings. The van der Waals surface area contributed by atoms with Crippen LogP contribution in [0, 0.1) is 23.2 Å². The number of hydrogen-bond donors (Lipinski definition) is 1. The van der Waals surface area contributed by atoms with Crippen LogP contribution in [0.3, 0.4) is 0 Å². The molecule has 0 radical (unpaired) electrons. The summed E-state index contributed by atoms with van der Waals surface area (Å²) < 4.78 is 18.0. The smallest absolute Gasteiger partial charge is 0.161 e. The molecular weight excluding hydrogens is 340 g/mol. The van der Waals surface area contributed by atoms with E-state index in [0.29, 0.717) is 17.3 Å². The standard InChI is InChI=1S/C23H42O4/c1-8-19(9-2)14-25-17(5)20-13-23(20,7)11-10-16(4)26-22-15(3)12-21(24)18(6)27-22/h15-16,18-22,24H,5,8-14H2,1-4,6-7H3/t15-,16-,18+,20-,21?,22?,23+/m1/s1. The lowest BCUT2D eigenvalue weighted by Gasteiger charge is -2.37. The van der Waals surface area contributed by atoms with E-state index in [0.717, 1.165) is 44.5 Å². The molecule has 0 amide bonds. The number of hydrogen-bond acceptors (Lipinski definition) is 4. The van der Waals surface area contributed by atoms with Crippen LogP contribution in [0.15, 0.2) is 12.3 Å². The highest BCUT2D eigenvalue weighted by molar-refractivity contribution is 5.13. The van der Waals surface area contributed by atoms with Crippen LogP contribution in [0.1, 0.15) is 80.1 Å². The summed E-state index contributed by atoms with van der Waals surface area (Å²) in [5.74, 6) is 2.32. The van der Waals surface area contributed by atoms with Crippen LogP contribution in [0.2, 0.25) is 0 Å². The van der Waals surface area contributed by atoms with Crippen molar-refractivity contribution in [2.75, 3.05) is 6.61 Å². The number of allylic oxidation sites excluding steroid dienone is 1. The molecule has 1 saturated heterocycles. The molecule has 0 aromatic carbocycles. The second-order valence-corrected chi connectivity index (χ2v) is 9.35. The molecule has 0 aromatic heterocycles. The minimum absolute atomic E-state index is 0.150. The maximum Gasteiger partial charge on any atom is 0.161 e. The van der Waals surface area contributed by atoms with Crippen LogP contribution in [-0.2, 0) is 14.2 Å². The normalized spacial score (nSPS) is 37.3. The van der Waals surface area contributed by atoms with Crippen molar-refractivity contribution in [1.82, 2.24) is 0 Å². The van der Waals surface area contributed by atoms with Gasteiger partial charge in [-0.1, -0.05) is 47.1 Å². The first-order valence-corrected chi connectivity index (χ1v) is 11.0. The van der Waals surface area contributed by atoms with Gasteiger partial charge in [0.15, 0.2) is 6.29 Å². The summed E-state index contributed by atoms with van der Waals surface area (Å²) in [7, 11) is 0. The Labute approximate surface area is 166 Å². The van der Waals surface area contributed by atoms with Gasteiger partial charge in [-0.25, -0.2) is 0 Å². The van der Waals surface area contributed by atoms with E-state index in [9.17, 15) is 5.11 Å². The minimum atomic E-state index is -0.382. The van der Waals surface area contributed by atoms with Gasteiger partial charge in [0.25, 0.3) is 0 Å². The van der Waals surface area contributed by atoms with Crippen molar-refractivity contribution in [3.63, 3.8) is 0 Å². The highest BCUT2D eigenvalue weighted by atomic mass is 16.7. The summed E-state index contributed by atoms with van der Waals surface area (Å²) in [4.78, 5) is 0. The molecule has 4 heteroatoms. The Morgan fingerprint density at radius 2 is 1.96 bits per heavy atom. The molecule has 2 aliphatic rings. The van der Waals surface area contributed by atoms with Crippen molar-refractivity contribution in [1.29, 1.82) is 0 Å². The first kappa shape index (κ1) is 22.7. The van der Waals surface area contributed by atoms with E-state index in [2.05, 4.69) is 41.2 Å². The van der Waals surface area contributed by atoms with Crippen molar-refractivity contribution in [2.45, 2.75) is 105 Å². The van der Waals surface area contributed by atoms with Gasteiger partial charge in [-0.3, -0.25) is 0 Å². The molecule has 0 spiro atoms. The molecule has 158 valence electrons. The van der Waals surface area contributed by atoms with E-state index in [1.807, 2.05) is 6.92 Å². The van der Waals surface area contributed by atoms with Gasteiger partial charge in [0, 0.05) is 11.8 Å². The summed E-state index contributed by atoms with van der Waals surface area (Å²) in [6, 6.07) is 0. The zero-order chi connectivity index (χ0) is 20.2. The zero-order valence-corrected chi connectivity index (χ0v) is 18.4. The van der Waals surface area contributed by atoms with Crippen molar-refractivity contribution in [3.05, 3.63) is 12.3 Å². The Kier molecular flexibility index (Phi) is 8.20. The van der Waals surface area contributed by atoms with E-state index >= 15 is 0 Å². The molecule has 2 unspecified atom stereocenters. The largest absolute Gasteiger partial charge is 0.498 e. The van der Waals surface area contributed by atoms with Crippen molar-refractivity contribution < 1.29 is 19.3 Å². The maximum atomic E-state index is 9.91. The Morgan fingerprint density at radius 3 is 2.59 bits per heavy atom. The first-order valence-electron chi connectivity index (χ1n) is 11.0. The number of rotatable bonds is 11. The second kappa shape index (κ2) is 9.76. The zero-order valence-electron chi connectivity index (χ0n) is 18.4. The third-order valence-corrected chi connectivity index (χ3v) is 6.86. The molecule has 1 heterocycles. The van der Waals surface area contributed by atoms with Gasteiger partial charge in [0.1, 0.15) is 0 Å². The molecule has 27 heavy (non-hydrogen) atoms. The fourth-order valence-electron chi connectivity index (χ4n) is 4.15. The van der Waals surface area contributed by atoms with Crippen LogP contribution < -0.4 is 0 Å². The van der Waals surface area contributed by atoms with E-state index < -0.39 is 0 Å². The van der Waals surface area contributed by atoms with Gasteiger partial charge in [-0.05, 0) is 50.9 Å². The SMILES string of the molecule is C=C(OCC(CC)CC)[C@H]1C[C@]1(C)CC[C@@H](C)OC1O[C@@H](C)C(O)C[C@H]1C. The van der Waals surface area contributed by atoms with Crippen LogP contribution in [0.25, 0.3) is 0 Å². The van der Waals surface area contributed by atoms with E-state index in [4.69, 9.17) is 14.2 Å². The fraction of sp³-hybridized carbons (Fsp3) is 0.913. The second-order valence-electron chi connectivity index (χ2n) is 9.35. The third kappa shape index (κ3) is 6.20. The van der Waals surface area contributed by atoms with E-state index in [1.54, 1.807) is 0 Å². The van der Waals surface area contributed by atoms with Crippen molar-refractivity contribution >= 4 is 0 Å². The quantitative estimate of drug-likeness (QED) is 0.493. The lowest BCUT2D eigenvalue weighted by Crippen LogP contribution is -2.44. The molecule has 1 aliphatic carbocycles. The summed E-state index contributed by atoms with van der Waals surface area (Å²) in [5, 5.41) is 9.91. The average Bonchev–Trinajstić information content (AvgIpc) is 3.31. The average molecular weight is 383 g/mol. The van der Waals surface area contributed by atoms with Gasteiger partial charge in [-0.2, -0.15) is 0 Å². The topological polar surface area (TPSA) is 47.9 Å². The summed E-state index contributed by atoms with van der Waals surface area (Å²) >= 11 is 0. The fourth-order valence-corrected chi connectivity index (χ4v) is 4.15. The van der Waals surface area contributed by atoms with Crippen LogP contribution in [-0.4, -0.2) is 36.3 Å². The van der Waals surface area contributed by atoms with Crippen molar-refractivity contribution in [2.24, 2.45) is 23.2 Å². The van der Waals surface area contributed by atoms with Crippen LogP contribution >= 0.6 is 0 Å². The lowest BCUT2D eigenvalue weighted by atomic mass is 9.95. The van der Waals surface area contributed by atoms with Crippen LogP contribution in [0.4, 0.5) is 0 Å². The summed E-state index contributed by atoms with van der Waals surface area (Å²) in [6.07, 6.45) is 5.77. The maximum absolute atomic E-state index is 9.91. The van der Waals surface area contributed by atoms with Gasteiger partial charge in [-0.15, -0.1) is 0 Å². The highest BCUT2D eigenvalue weighted by Crippen LogP contribution is 2.59. The molecule has 7 atom stereocenters. The number of aliphatic hydroxyl groups excluding tert-OH is 1. The molecule has 1 aliphatic heterocycles. The van der Waals surface area contributed by atoms with E-state index in [1.165, 1.54) is 6.42 Å². The third-order valence-electron chi connectivity index (χ3n) is 6.86. The molecule has 2 rings (SSSR count). The van der Waals surface area contributed by atoms with Gasteiger partial charge < -0.3 is 19.3 Å².